The number of benzene rings is 1. The van der Waals surface area contributed by atoms with Gasteiger partial charge in [0.1, 0.15) is 5.82 Å². The molecule has 21 heavy (non-hydrogen) atoms. The van der Waals surface area contributed by atoms with Gasteiger partial charge >= 0.3 is 6.18 Å². The SMILES string of the molecule is CNC(=O)C(C)(C)CNCc1ccc(F)c(C(F)(F)F)c1. The van der Waals surface area contributed by atoms with Crippen molar-refractivity contribution in [3.05, 3.63) is 35.1 Å². The van der Waals surface area contributed by atoms with E-state index in [1.807, 2.05) is 0 Å². The molecule has 0 spiro atoms. The standard InChI is InChI=1S/C14H18F4N2O/c1-13(2,12(21)19-3)8-20-7-9-4-5-11(15)10(6-9)14(16,17)18/h4-6,20H,7-8H2,1-3H3,(H,19,21). The van der Waals surface area contributed by atoms with Crippen molar-refractivity contribution in [3.8, 4) is 0 Å². The van der Waals surface area contributed by atoms with Crippen LogP contribution in [0.1, 0.15) is 25.0 Å². The summed E-state index contributed by atoms with van der Waals surface area (Å²) in [7, 11) is 1.51. The highest BCUT2D eigenvalue weighted by Crippen LogP contribution is 2.31. The van der Waals surface area contributed by atoms with Gasteiger partial charge in [0.05, 0.1) is 11.0 Å². The third-order valence-electron chi connectivity index (χ3n) is 3.07. The maximum Gasteiger partial charge on any atom is 0.419 e. The molecule has 1 aromatic carbocycles. The van der Waals surface area contributed by atoms with Crippen molar-refractivity contribution in [1.82, 2.24) is 10.6 Å². The molecule has 0 bridgehead atoms. The van der Waals surface area contributed by atoms with Crippen molar-refractivity contribution >= 4 is 5.91 Å². The molecule has 0 heterocycles. The molecule has 0 atom stereocenters. The number of carbonyl (C=O) groups is 1. The van der Waals surface area contributed by atoms with E-state index in [1.54, 1.807) is 13.8 Å². The van der Waals surface area contributed by atoms with Gasteiger partial charge < -0.3 is 10.6 Å². The first-order valence-electron chi connectivity index (χ1n) is 6.36. The van der Waals surface area contributed by atoms with E-state index in [0.29, 0.717) is 5.56 Å². The summed E-state index contributed by atoms with van der Waals surface area (Å²) in [5, 5.41) is 5.42. The second-order valence-electron chi connectivity index (χ2n) is 5.38. The first kappa shape index (κ1) is 17.4. The normalized spacial score (nSPS) is 12.3. The molecule has 118 valence electrons. The number of rotatable bonds is 5. The number of alkyl halides is 3. The minimum Gasteiger partial charge on any atom is -0.359 e. The Morgan fingerprint density at radius 1 is 1.24 bits per heavy atom. The fourth-order valence-electron chi connectivity index (χ4n) is 1.84. The van der Waals surface area contributed by atoms with Crippen LogP contribution in [0, 0.1) is 11.2 Å². The molecule has 3 nitrogen and oxygen atoms in total. The Labute approximate surface area is 120 Å². The van der Waals surface area contributed by atoms with E-state index in [4.69, 9.17) is 0 Å². The van der Waals surface area contributed by atoms with Gasteiger partial charge in [0.2, 0.25) is 5.91 Å². The zero-order chi connectivity index (χ0) is 16.3. The van der Waals surface area contributed by atoms with Crippen molar-refractivity contribution in [1.29, 1.82) is 0 Å². The van der Waals surface area contributed by atoms with Crippen LogP contribution >= 0.6 is 0 Å². The molecule has 7 heteroatoms. The van der Waals surface area contributed by atoms with Gasteiger partial charge in [-0.25, -0.2) is 4.39 Å². The van der Waals surface area contributed by atoms with E-state index >= 15 is 0 Å². The predicted molar refractivity (Wildman–Crippen MR) is 71.0 cm³/mol. The Kier molecular flexibility index (Phi) is 5.33. The first-order valence-corrected chi connectivity index (χ1v) is 6.36. The van der Waals surface area contributed by atoms with Gasteiger partial charge in [-0.3, -0.25) is 4.79 Å². The highest BCUT2D eigenvalue weighted by atomic mass is 19.4. The Hall–Kier alpha value is -1.63. The van der Waals surface area contributed by atoms with Crippen LogP contribution in [-0.2, 0) is 17.5 Å². The van der Waals surface area contributed by atoms with Gasteiger partial charge in [0.15, 0.2) is 0 Å². The van der Waals surface area contributed by atoms with Crippen molar-refractivity contribution in [2.75, 3.05) is 13.6 Å². The summed E-state index contributed by atoms with van der Waals surface area (Å²) in [6.45, 7) is 3.82. The zero-order valence-electron chi connectivity index (χ0n) is 12.1. The fraction of sp³-hybridized carbons (Fsp3) is 0.500. The Balaban J connectivity index is 2.71. The molecule has 1 amide bonds. The predicted octanol–water partition coefficient (Wildman–Crippen LogP) is 2.71. The van der Waals surface area contributed by atoms with E-state index in [2.05, 4.69) is 10.6 Å². The highest BCUT2D eigenvalue weighted by Gasteiger charge is 2.34. The quantitative estimate of drug-likeness (QED) is 0.821. The van der Waals surface area contributed by atoms with Crippen LogP contribution in [0.25, 0.3) is 0 Å². The van der Waals surface area contributed by atoms with Gasteiger partial charge in [-0.2, -0.15) is 13.2 Å². The third-order valence-corrected chi connectivity index (χ3v) is 3.07. The molecule has 0 aliphatic rings. The largest absolute Gasteiger partial charge is 0.419 e. The van der Waals surface area contributed by atoms with Gasteiger partial charge in [-0.05, 0) is 31.5 Å². The summed E-state index contributed by atoms with van der Waals surface area (Å²) in [6.07, 6.45) is -4.72. The zero-order valence-corrected chi connectivity index (χ0v) is 12.1. The molecule has 1 aromatic rings. The van der Waals surface area contributed by atoms with Gasteiger partial charge in [0, 0.05) is 20.1 Å². The lowest BCUT2D eigenvalue weighted by atomic mass is 9.92. The molecule has 0 saturated carbocycles. The molecule has 0 saturated heterocycles. The summed E-state index contributed by atoms with van der Waals surface area (Å²) >= 11 is 0. The summed E-state index contributed by atoms with van der Waals surface area (Å²) in [4.78, 5) is 11.6. The van der Waals surface area contributed by atoms with Crippen molar-refractivity contribution < 1.29 is 22.4 Å². The molecule has 0 aliphatic heterocycles. The molecule has 0 aliphatic carbocycles. The minimum atomic E-state index is -4.72. The van der Waals surface area contributed by atoms with Crippen LogP contribution in [-0.4, -0.2) is 19.5 Å². The second-order valence-corrected chi connectivity index (χ2v) is 5.38. The van der Waals surface area contributed by atoms with Gasteiger partial charge in [-0.1, -0.05) is 6.07 Å². The molecule has 0 fully saturated rings. The number of nitrogens with one attached hydrogen (secondary N) is 2. The summed E-state index contributed by atoms with van der Waals surface area (Å²) in [5.74, 6) is -1.47. The van der Waals surface area contributed by atoms with E-state index in [1.165, 1.54) is 13.1 Å². The number of carbonyl (C=O) groups excluding carboxylic acids is 1. The van der Waals surface area contributed by atoms with E-state index in [-0.39, 0.29) is 19.0 Å². The Morgan fingerprint density at radius 2 is 1.86 bits per heavy atom. The first-order chi connectivity index (χ1) is 9.58. The van der Waals surface area contributed by atoms with Gasteiger partial charge in [0.25, 0.3) is 0 Å². The monoisotopic (exact) mass is 306 g/mol. The van der Waals surface area contributed by atoms with Crippen molar-refractivity contribution in [2.45, 2.75) is 26.6 Å². The van der Waals surface area contributed by atoms with Crippen LogP contribution in [0.4, 0.5) is 17.6 Å². The molecule has 1 rings (SSSR count). The smallest absolute Gasteiger partial charge is 0.359 e. The van der Waals surface area contributed by atoms with Crippen LogP contribution in [0.3, 0.4) is 0 Å². The lowest BCUT2D eigenvalue weighted by Crippen LogP contribution is -2.41. The van der Waals surface area contributed by atoms with E-state index in [0.717, 1.165) is 12.1 Å². The molecule has 0 unspecified atom stereocenters. The molecule has 2 N–H and O–H groups in total. The topological polar surface area (TPSA) is 41.1 Å². The maximum absolute atomic E-state index is 13.1. The van der Waals surface area contributed by atoms with Crippen molar-refractivity contribution in [2.24, 2.45) is 5.41 Å². The third kappa shape index (κ3) is 4.70. The Morgan fingerprint density at radius 3 is 2.38 bits per heavy atom. The second kappa shape index (κ2) is 6.43. The molecule has 0 aromatic heterocycles. The average molecular weight is 306 g/mol. The summed E-state index contributed by atoms with van der Waals surface area (Å²) < 4.78 is 50.9. The summed E-state index contributed by atoms with van der Waals surface area (Å²) in [5.41, 5.74) is -1.68. The molecular weight excluding hydrogens is 288 g/mol. The lowest BCUT2D eigenvalue weighted by molar-refractivity contribution is -0.140. The summed E-state index contributed by atoms with van der Waals surface area (Å²) in [6, 6.07) is 2.85. The van der Waals surface area contributed by atoms with Crippen LogP contribution in [0.2, 0.25) is 0 Å². The number of halogens is 4. The van der Waals surface area contributed by atoms with Gasteiger partial charge in [-0.15, -0.1) is 0 Å². The average Bonchev–Trinajstić information content (AvgIpc) is 2.38. The van der Waals surface area contributed by atoms with Crippen molar-refractivity contribution in [3.63, 3.8) is 0 Å². The number of amides is 1. The number of hydrogen-bond donors (Lipinski definition) is 2. The fourth-order valence-corrected chi connectivity index (χ4v) is 1.84. The van der Waals surface area contributed by atoms with Crippen LogP contribution in [0.15, 0.2) is 18.2 Å². The van der Waals surface area contributed by atoms with E-state index in [9.17, 15) is 22.4 Å². The lowest BCUT2D eigenvalue weighted by Gasteiger charge is -2.23. The highest BCUT2D eigenvalue weighted by molar-refractivity contribution is 5.81. The molecule has 0 radical (unpaired) electrons. The van der Waals surface area contributed by atoms with Crippen LogP contribution in [0.5, 0.6) is 0 Å². The van der Waals surface area contributed by atoms with E-state index < -0.39 is 23.0 Å². The maximum atomic E-state index is 13.1. The number of hydrogen-bond acceptors (Lipinski definition) is 2. The van der Waals surface area contributed by atoms with Crippen LogP contribution < -0.4 is 10.6 Å². The minimum absolute atomic E-state index is 0.115. The molecular formula is C14H18F4N2O. The Bertz CT molecular complexity index is 512.